The summed E-state index contributed by atoms with van der Waals surface area (Å²) in [5, 5.41) is 11.0. The van der Waals surface area contributed by atoms with Crippen LogP contribution in [0.25, 0.3) is 0 Å². The first kappa shape index (κ1) is 12.2. The van der Waals surface area contributed by atoms with Gasteiger partial charge in [0.25, 0.3) is 0 Å². The minimum absolute atomic E-state index is 0.116. The van der Waals surface area contributed by atoms with Gasteiger partial charge in [0.2, 0.25) is 0 Å². The molecule has 1 aliphatic rings. The van der Waals surface area contributed by atoms with Gasteiger partial charge in [-0.1, -0.05) is 12.1 Å². The summed E-state index contributed by atoms with van der Waals surface area (Å²) < 4.78 is 1.70. The topological polar surface area (TPSA) is 63.1 Å². The second-order valence-electron chi connectivity index (χ2n) is 4.29. The standard InChI is InChI=1S/C11H19N5O/c1-2-5-16-10(8-13-14-16)11(17)9-15-6-3-12-4-7-15/h8,12H,2-7,9H2,1H3. The Morgan fingerprint density at radius 2 is 2.24 bits per heavy atom. The Labute approximate surface area is 101 Å². The van der Waals surface area contributed by atoms with Crippen molar-refractivity contribution in [1.82, 2.24) is 25.2 Å². The zero-order chi connectivity index (χ0) is 12.1. The van der Waals surface area contributed by atoms with E-state index < -0.39 is 0 Å². The number of hydrogen-bond donors (Lipinski definition) is 1. The van der Waals surface area contributed by atoms with Gasteiger partial charge in [-0.3, -0.25) is 9.69 Å². The van der Waals surface area contributed by atoms with E-state index in [4.69, 9.17) is 0 Å². The van der Waals surface area contributed by atoms with Gasteiger partial charge >= 0.3 is 0 Å². The van der Waals surface area contributed by atoms with E-state index in [0.717, 1.165) is 39.1 Å². The van der Waals surface area contributed by atoms with Gasteiger partial charge in [-0.15, -0.1) is 5.10 Å². The molecule has 6 heteroatoms. The zero-order valence-corrected chi connectivity index (χ0v) is 10.2. The summed E-state index contributed by atoms with van der Waals surface area (Å²) in [6.45, 7) is 7.06. The second-order valence-corrected chi connectivity index (χ2v) is 4.29. The summed E-state index contributed by atoms with van der Waals surface area (Å²) in [5.41, 5.74) is 0.630. The monoisotopic (exact) mass is 237 g/mol. The van der Waals surface area contributed by atoms with Gasteiger partial charge in [-0.2, -0.15) is 0 Å². The first-order chi connectivity index (χ1) is 8.31. The number of hydrogen-bond acceptors (Lipinski definition) is 5. The quantitative estimate of drug-likeness (QED) is 0.717. The smallest absolute Gasteiger partial charge is 0.196 e. The van der Waals surface area contributed by atoms with Gasteiger partial charge in [-0.25, -0.2) is 4.68 Å². The van der Waals surface area contributed by atoms with Gasteiger partial charge in [0.1, 0.15) is 5.69 Å². The van der Waals surface area contributed by atoms with Crippen LogP contribution in [0.1, 0.15) is 23.8 Å². The van der Waals surface area contributed by atoms with Gasteiger partial charge in [0, 0.05) is 32.7 Å². The maximum atomic E-state index is 12.1. The van der Waals surface area contributed by atoms with Crippen molar-refractivity contribution >= 4 is 5.78 Å². The molecule has 1 fully saturated rings. The molecule has 94 valence electrons. The average Bonchev–Trinajstić information content (AvgIpc) is 2.79. The number of ketones is 1. The maximum absolute atomic E-state index is 12.1. The van der Waals surface area contributed by atoms with E-state index in [1.165, 1.54) is 0 Å². The Morgan fingerprint density at radius 3 is 2.94 bits per heavy atom. The van der Waals surface area contributed by atoms with Gasteiger partial charge in [0.05, 0.1) is 12.7 Å². The molecule has 0 radical (unpaired) electrons. The molecule has 17 heavy (non-hydrogen) atoms. The van der Waals surface area contributed by atoms with Crippen LogP contribution in [0.5, 0.6) is 0 Å². The third-order valence-corrected chi connectivity index (χ3v) is 2.92. The second kappa shape index (κ2) is 5.88. The fourth-order valence-electron chi connectivity index (χ4n) is 2.00. The predicted octanol–water partition coefficient (Wildman–Crippen LogP) is -0.224. The summed E-state index contributed by atoms with van der Waals surface area (Å²) >= 11 is 0. The number of aromatic nitrogens is 3. The molecule has 1 N–H and O–H groups in total. The molecule has 0 amide bonds. The van der Waals surface area contributed by atoms with Gasteiger partial charge in [0.15, 0.2) is 5.78 Å². The number of Topliss-reactive ketones (excluding diaryl/α,β-unsaturated/α-hetero) is 1. The molecule has 1 aliphatic heterocycles. The molecule has 0 aliphatic carbocycles. The van der Waals surface area contributed by atoms with Crippen LogP contribution < -0.4 is 5.32 Å². The summed E-state index contributed by atoms with van der Waals surface area (Å²) in [6.07, 6.45) is 2.53. The van der Waals surface area contributed by atoms with Crippen molar-refractivity contribution in [1.29, 1.82) is 0 Å². The minimum atomic E-state index is 0.116. The third-order valence-electron chi connectivity index (χ3n) is 2.92. The Bertz CT molecular complexity index is 370. The Hall–Kier alpha value is -1.27. The molecule has 2 rings (SSSR count). The highest BCUT2D eigenvalue weighted by atomic mass is 16.1. The van der Waals surface area contributed by atoms with Crippen molar-refractivity contribution in [3.63, 3.8) is 0 Å². The highest BCUT2D eigenvalue weighted by molar-refractivity contribution is 5.95. The Kier molecular flexibility index (Phi) is 4.22. The Balaban J connectivity index is 1.96. The Morgan fingerprint density at radius 1 is 1.47 bits per heavy atom. The summed E-state index contributed by atoms with van der Waals surface area (Å²) in [5.74, 6) is 0.116. The summed E-state index contributed by atoms with van der Waals surface area (Å²) in [7, 11) is 0. The number of nitrogens with zero attached hydrogens (tertiary/aromatic N) is 4. The van der Waals surface area contributed by atoms with Crippen molar-refractivity contribution < 1.29 is 4.79 Å². The number of rotatable bonds is 5. The lowest BCUT2D eigenvalue weighted by molar-refractivity contribution is 0.0910. The van der Waals surface area contributed by atoms with Crippen LogP contribution in [0.2, 0.25) is 0 Å². The number of carbonyl (C=O) groups is 1. The average molecular weight is 237 g/mol. The lowest BCUT2D eigenvalue weighted by Gasteiger charge is -2.26. The van der Waals surface area contributed by atoms with Crippen LogP contribution in [0.4, 0.5) is 0 Å². The van der Waals surface area contributed by atoms with E-state index in [9.17, 15) is 4.79 Å². The maximum Gasteiger partial charge on any atom is 0.196 e. The molecule has 2 heterocycles. The molecule has 6 nitrogen and oxygen atoms in total. The lowest BCUT2D eigenvalue weighted by atomic mass is 10.2. The van der Waals surface area contributed by atoms with E-state index in [1.54, 1.807) is 10.9 Å². The first-order valence-electron chi connectivity index (χ1n) is 6.16. The van der Waals surface area contributed by atoms with Crippen LogP contribution in [0.15, 0.2) is 6.20 Å². The first-order valence-corrected chi connectivity index (χ1v) is 6.16. The molecule has 1 aromatic heterocycles. The fourth-order valence-corrected chi connectivity index (χ4v) is 2.00. The van der Waals surface area contributed by atoms with E-state index in [0.29, 0.717) is 12.2 Å². The molecule has 0 atom stereocenters. The van der Waals surface area contributed by atoms with Crippen molar-refractivity contribution in [3.8, 4) is 0 Å². The molecule has 1 aromatic rings. The fraction of sp³-hybridized carbons (Fsp3) is 0.727. The van der Waals surface area contributed by atoms with Crippen LogP contribution in [0.3, 0.4) is 0 Å². The van der Waals surface area contributed by atoms with Crippen LogP contribution in [-0.4, -0.2) is 58.4 Å². The molecular weight excluding hydrogens is 218 g/mol. The normalized spacial score (nSPS) is 17.2. The van der Waals surface area contributed by atoms with E-state index >= 15 is 0 Å². The number of carbonyl (C=O) groups excluding carboxylic acids is 1. The predicted molar refractivity (Wildman–Crippen MR) is 64.0 cm³/mol. The molecule has 0 aromatic carbocycles. The molecule has 0 bridgehead atoms. The van der Waals surface area contributed by atoms with Crippen molar-refractivity contribution in [2.75, 3.05) is 32.7 Å². The molecular formula is C11H19N5O. The van der Waals surface area contributed by atoms with Crippen molar-refractivity contribution in [2.45, 2.75) is 19.9 Å². The highest BCUT2D eigenvalue weighted by Gasteiger charge is 2.18. The SMILES string of the molecule is CCCn1nncc1C(=O)CN1CCNCC1. The zero-order valence-electron chi connectivity index (χ0n) is 10.2. The summed E-state index contributed by atoms with van der Waals surface area (Å²) in [4.78, 5) is 14.3. The van der Waals surface area contributed by atoms with Crippen LogP contribution >= 0.6 is 0 Å². The van der Waals surface area contributed by atoms with E-state index in [1.807, 2.05) is 0 Å². The van der Waals surface area contributed by atoms with E-state index in [2.05, 4.69) is 27.5 Å². The van der Waals surface area contributed by atoms with Gasteiger partial charge < -0.3 is 5.32 Å². The van der Waals surface area contributed by atoms with Crippen LogP contribution in [-0.2, 0) is 6.54 Å². The van der Waals surface area contributed by atoms with Crippen molar-refractivity contribution in [2.24, 2.45) is 0 Å². The van der Waals surface area contributed by atoms with Gasteiger partial charge in [-0.05, 0) is 6.42 Å². The highest BCUT2D eigenvalue weighted by Crippen LogP contribution is 2.02. The number of piperazine rings is 1. The molecule has 0 unspecified atom stereocenters. The number of nitrogens with one attached hydrogen (secondary N) is 1. The molecule has 0 spiro atoms. The lowest BCUT2D eigenvalue weighted by Crippen LogP contribution is -2.45. The largest absolute Gasteiger partial charge is 0.314 e. The van der Waals surface area contributed by atoms with E-state index in [-0.39, 0.29) is 5.78 Å². The minimum Gasteiger partial charge on any atom is -0.314 e. The molecule has 0 saturated carbocycles. The van der Waals surface area contributed by atoms with Crippen LogP contribution in [0, 0.1) is 0 Å². The van der Waals surface area contributed by atoms with Crippen molar-refractivity contribution in [3.05, 3.63) is 11.9 Å². The molecule has 1 saturated heterocycles. The summed E-state index contributed by atoms with van der Waals surface area (Å²) in [6, 6.07) is 0. The third kappa shape index (κ3) is 3.10. The number of aryl methyl sites for hydroxylation is 1.